The highest BCUT2D eigenvalue weighted by Crippen LogP contribution is 2.27. The summed E-state index contributed by atoms with van der Waals surface area (Å²) in [6.45, 7) is 2.94. The lowest BCUT2D eigenvalue weighted by Gasteiger charge is -2.18. The van der Waals surface area contributed by atoms with Gasteiger partial charge in [0.1, 0.15) is 5.69 Å². The van der Waals surface area contributed by atoms with Crippen molar-refractivity contribution in [3.05, 3.63) is 64.2 Å². The van der Waals surface area contributed by atoms with Crippen LogP contribution >= 0.6 is 0 Å². The van der Waals surface area contributed by atoms with Gasteiger partial charge in [0.25, 0.3) is 5.69 Å². The van der Waals surface area contributed by atoms with Gasteiger partial charge in [-0.15, -0.1) is 0 Å². The number of anilines is 1. The largest absolute Gasteiger partial charge is 0.378 e. The molecule has 0 aliphatic carbocycles. The number of aryl methyl sites for hydroxylation is 1. The average Bonchev–Trinajstić information content (AvgIpc) is 2.74. The van der Waals surface area contributed by atoms with Crippen LogP contribution in [0.25, 0.3) is 0 Å². The molecule has 9 nitrogen and oxygen atoms in total. The van der Waals surface area contributed by atoms with E-state index in [0.717, 1.165) is 25.2 Å². The molecule has 2 aromatic rings. The molecule has 0 amide bonds. The van der Waals surface area contributed by atoms with E-state index in [1.165, 1.54) is 17.7 Å². The second-order valence-corrected chi connectivity index (χ2v) is 9.22. The molecular weight excluding hydrogens is 418 g/mol. The molecule has 0 bridgehead atoms. The minimum atomic E-state index is -3.52. The predicted molar refractivity (Wildman–Crippen MR) is 123 cm³/mol. The molecule has 0 heterocycles. The zero-order valence-electron chi connectivity index (χ0n) is 18.0. The first-order valence-corrected chi connectivity index (χ1v) is 11.8. The minimum absolute atomic E-state index is 0.0861. The number of guanidine groups is 1. The van der Waals surface area contributed by atoms with Gasteiger partial charge in [0.2, 0.25) is 0 Å². The highest BCUT2D eigenvalue weighted by atomic mass is 32.2. The molecule has 0 aliphatic rings. The molecule has 3 N–H and O–H groups in total. The smallest absolute Gasteiger partial charge is 0.293 e. The molecule has 1 atom stereocenters. The molecule has 0 spiro atoms. The molecule has 2 rings (SSSR count). The third-order valence-corrected chi connectivity index (χ3v) is 5.75. The molecule has 10 heteroatoms. The van der Waals surface area contributed by atoms with Crippen LogP contribution in [0.3, 0.4) is 0 Å². The Morgan fingerprint density at radius 2 is 1.87 bits per heavy atom. The van der Waals surface area contributed by atoms with Gasteiger partial charge < -0.3 is 16.0 Å². The number of nitro groups is 1. The molecule has 0 aliphatic heterocycles. The molecule has 0 radical (unpaired) electrons. The van der Waals surface area contributed by atoms with Crippen molar-refractivity contribution < 1.29 is 13.3 Å². The first kappa shape index (κ1) is 24.1. The third-order valence-electron chi connectivity index (χ3n) is 4.64. The van der Waals surface area contributed by atoms with E-state index in [0.29, 0.717) is 19.0 Å². The van der Waals surface area contributed by atoms with Crippen molar-refractivity contribution >= 4 is 27.2 Å². The number of sulfone groups is 1. The van der Waals surface area contributed by atoms with Gasteiger partial charge in [0.15, 0.2) is 15.8 Å². The number of nitrogens with zero attached hydrogens (tertiary/aromatic N) is 2. The fourth-order valence-electron chi connectivity index (χ4n) is 2.95. The van der Waals surface area contributed by atoms with E-state index < -0.39 is 14.8 Å². The minimum Gasteiger partial charge on any atom is -0.378 e. The Kier molecular flexibility index (Phi) is 8.80. The number of nitro benzene ring substituents is 1. The molecule has 2 aromatic carbocycles. The van der Waals surface area contributed by atoms with Crippen LogP contribution in [0.2, 0.25) is 0 Å². The molecule has 0 aromatic heterocycles. The number of aliphatic imine (C=N–C) groups is 1. The monoisotopic (exact) mass is 447 g/mol. The van der Waals surface area contributed by atoms with Gasteiger partial charge in [-0.25, -0.2) is 8.42 Å². The Labute approximate surface area is 183 Å². The standard InChI is InChI=1S/C21H29N5O4S/c1-16(9-10-17-7-5-4-6-8-17)25-21(22-2)24-14-13-23-19-12-11-18(31(3,29)30)15-20(19)26(27)28/h4-8,11-12,15-16,23H,9-10,13-14H2,1-3H3,(H2,22,24,25). The van der Waals surface area contributed by atoms with Crippen molar-refractivity contribution in [1.29, 1.82) is 0 Å². The lowest BCUT2D eigenvalue weighted by molar-refractivity contribution is -0.384. The number of rotatable bonds is 10. The Hall–Kier alpha value is -3.14. The van der Waals surface area contributed by atoms with Crippen molar-refractivity contribution in [1.82, 2.24) is 10.6 Å². The fraction of sp³-hybridized carbons (Fsp3) is 0.381. The molecular formula is C21H29N5O4S. The number of nitrogens with one attached hydrogen (secondary N) is 3. The van der Waals surface area contributed by atoms with Crippen LogP contribution < -0.4 is 16.0 Å². The summed E-state index contributed by atoms with van der Waals surface area (Å²) in [5.41, 5.74) is 1.27. The summed E-state index contributed by atoms with van der Waals surface area (Å²) in [6, 6.07) is 14.3. The van der Waals surface area contributed by atoms with E-state index >= 15 is 0 Å². The molecule has 31 heavy (non-hydrogen) atoms. The van der Waals surface area contributed by atoms with Crippen molar-refractivity contribution in [2.75, 3.05) is 31.7 Å². The third kappa shape index (κ3) is 7.89. The maximum atomic E-state index is 11.6. The molecule has 0 fully saturated rings. The first-order chi connectivity index (χ1) is 14.7. The van der Waals surface area contributed by atoms with Crippen LogP contribution in [-0.4, -0.2) is 51.7 Å². The highest BCUT2D eigenvalue weighted by molar-refractivity contribution is 7.90. The normalized spacial score (nSPS) is 12.8. The zero-order valence-corrected chi connectivity index (χ0v) is 18.8. The Balaban J connectivity index is 1.83. The van der Waals surface area contributed by atoms with Crippen LogP contribution in [-0.2, 0) is 16.3 Å². The second kappa shape index (κ2) is 11.3. The van der Waals surface area contributed by atoms with Gasteiger partial charge >= 0.3 is 0 Å². The van der Waals surface area contributed by atoms with Crippen LogP contribution in [0, 0.1) is 10.1 Å². The summed E-state index contributed by atoms with van der Waals surface area (Å²) in [4.78, 5) is 14.8. The molecule has 1 unspecified atom stereocenters. The van der Waals surface area contributed by atoms with E-state index in [1.807, 2.05) is 18.2 Å². The van der Waals surface area contributed by atoms with Crippen LogP contribution in [0.15, 0.2) is 58.4 Å². The SMILES string of the molecule is CN=C(NCCNc1ccc(S(C)(=O)=O)cc1[N+](=O)[O-])NC(C)CCc1ccccc1. The number of benzene rings is 2. The molecule has 0 saturated carbocycles. The Morgan fingerprint density at radius 1 is 1.16 bits per heavy atom. The van der Waals surface area contributed by atoms with Crippen LogP contribution in [0.4, 0.5) is 11.4 Å². The lowest BCUT2D eigenvalue weighted by atomic mass is 10.1. The van der Waals surface area contributed by atoms with Crippen molar-refractivity contribution in [3.63, 3.8) is 0 Å². The Bertz CT molecular complexity index is 1010. The zero-order chi connectivity index (χ0) is 22.9. The summed E-state index contributed by atoms with van der Waals surface area (Å²) in [5.74, 6) is 0.643. The van der Waals surface area contributed by atoms with Gasteiger partial charge in [-0.1, -0.05) is 30.3 Å². The van der Waals surface area contributed by atoms with E-state index in [-0.39, 0.29) is 22.3 Å². The van der Waals surface area contributed by atoms with Crippen LogP contribution in [0.5, 0.6) is 0 Å². The predicted octanol–water partition coefficient (Wildman–Crippen LogP) is 2.60. The topological polar surface area (TPSA) is 126 Å². The maximum Gasteiger partial charge on any atom is 0.293 e. The van der Waals surface area contributed by atoms with E-state index in [9.17, 15) is 18.5 Å². The second-order valence-electron chi connectivity index (χ2n) is 7.20. The van der Waals surface area contributed by atoms with Crippen molar-refractivity contribution in [3.8, 4) is 0 Å². The van der Waals surface area contributed by atoms with E-state index in [2.05, 4.69) is 40.0 Å². The fourth-order valence-corrected chi connectivity index (χ4v) is 3.59. The van der Waals surface area contributed by atoms with Crippen molar-refractivity contribution in [2.45, 2.75) is 30.7 Å². The van der Waals surface area contributed by atoms with E-state index in [1.54, 1.807) is 7.05 Å². The van der Waals surface area contributed by atoms with Gasteiger partial charge in [-0.2, -0.15) is 0 Å². The Morgan fingerprint density at radius 3 is 2.48 bits per heavy atom. The van der Waals surface area contributed by atoms with Gasteiger partial charge in [-0.3, -0.25) is 15.1 Å². The van der Waals surface area contributed by atoms with Crippen molar-refractivity contribution in [2.24, 2.45) is 4.99 Å². The molecule has 0 saturated heterocycles. The highest BCUT2D eigenvalue weighted by Gasteiger charge is 2.18. The van der Waals surface area contributed by atoms with Gasteiger partial charge in [0, 0.05) is 38.5 Å². The quantitative estimate of drug-likeness (QED) is 0.168. The summed E-state index contributed by atoms with van der Waals surface area (Å²) in [6.07, 6.45) is 2.92. The summed E-state index contributed by atoms with van der Waals surface area (Å²) in [7, 11) is -1.84. The summed E-state index contributed by atoms with van der Waals surface area (Å²) < 4.78 is 23.3. The summed E-state index contributed by atoms with van der Waals surface area (Å²) >= 11 is 0. The first-order valence-electron chi connectivity index (χ1n) is 9.94. The molecule has 168 valence electrons. The summed E-state index contributed by atoms with van der Waals surface area (Å²) in [5, 5.41) is 20.8. The van der Waals surface area contributed by atoms with Gasteiger partial charge in [-0.05, 0) is 37.5 Å². The maximum absolute atomic E-state index is 11.6. The average molecular weight is 448 g/mol. The number of hydrogen-bond acceptors (Lipinski definition) is 6. The van der Waals surface area contributed by atoms with Crippen LogP contribution in [0.1, 0.15) is 18.9 Å². The van der Waals surface area contributed by atoms with Gasteiger partial charge in [0.05, 0.1) is 9.82 Å². The van der Waals surface area contributed by atoms with E-state index in [4.69, 9.17) is 0 Å². The number of hydrogen-bond donors (Lipinski definition) is 3. The lowest BCUT2D eigenvalue weighted by Crippen LogP contribution is -2.43.